The number of nitro benzene ring substituents is 1. The number of hydrogen-bond acceptors (Lipinski definition) is 7. The molecule has 1 atom stereocenters. The van der Waals surface area contributed by atoms with Gasteiger partial charge in [0.25, 0.3) is 5.69 Å². The molecule has 2 heterocycles. The smallest absolute Gasteiger partial charge is 0.269 e. The fraction of sp³-hybridized carbons (Fsp3) is 0.0769. The number of sulfonamides is 1. The molecule has 5 rings (SSSR count). The lowest BCUT2D eigenvalue weighted by atomic mass is 10.1. The standard InChI is InChI=1S/C26H20BrN5O5S2/c27-18-7-11-20(12-8-18)39(36,37)31-23(13-17-14-28-22-4-2-1-3-21(17)22)25(33)30-26-29-24(15-38-26)16-5-9-19(10-6-16)32(34)35/h1-12,14-15,23,28,31H,13H2,(H,29,30,33). The van der Waals surface area contributed by atoms with Gasteiger partial charge < -0.3 is 10.3 Å². The van der Waals surface area contributed by atoms with Gasteiger partial charge in [-0.25, -0.2) is 13.4 Å². The molecule has 3 N–H and O–H groups in total. The largest absolute Gasteiger partial charge is 0.361 e. The number of aromatic amines is 1. The second kappa shape index (κ2) is 11.1. The molecule has 1 amide bonds. The van der Waals surface area contributed by atoms with Gasteiger partial charge in [-0.2, -0.15) is 4.72 Å². The summed E-state index contributed by atoms with van der Waals surface area (Å²) in [5.41, 5.74) is 2.77. The Morgan fingerprint density at radius 2 is 1.79 bits per heavy atom. The van der Waals surface area contributed by atoms with Crippen LogP contribution >= 0.6 is 27.3 Å². The van der Waals surface area contributed by atoms with Crippen molar-refractivity contribution in [3.63, 3.8) is 0 Å². The second-order valence-electron chi connectivity index (χ2n) is 8.52. The van der Waals surface area contributed by atoms with Crippen LogP contribution in [0, 0.1) is 10.1 Å². The molecule has 0 radical (unpaired) electrons. The van der Waals surface area contributed by atoms with Crippen LogP contribution in [0.3, 0.4) is 0 Å². The van der Waals surface area contributed by atoms with Gasteiger partial charge in [0.15, 0.2) is 5.13 Å². The maximum absolute atomic E-state index is 13.4. The number of thiazole rings is 1. The molecule has 1 unspecified atom stereocenters. The van der Waals surface area contributed by atoms with Crippen LogP contribution in [0.2, 0.25) is 0 Å². The third-order valence-corrected chi connectivity index (χ3v) is 8.72. The number of carbonyl (C=O) groups excluding carboxylic acids is 1. The molecule has 39 heavy (non-hydrogen) atoms. The fourth-order valence-electron chi connectivity index (χ4n) is 3.99. The molecule has 0 aliphatic heterocycles. The first-order chi connectivity index (χ1) is 18.7. The number of anilines is 1. The number of para-hydroxylation sites is 1. The normalized spacial score (nSPS) is 12.3. The molecule has 0 saturated carbocycles. The van der Waals surface area contributed by atoms with Gasteiger partial charge in [0.2, 0.25) is 15.9 Å². The molecule has 13 heteroatoms. The summed E-state index contributed by atoms with van der Waals surface area (Å²) in [6, 6.07) is 18.4. The van der Waals surface area contributed by atoms with E-state index in [4.69, 9.17) is 0 Å². The highest BCUT2D eigenvalue weighted by molar-refractivity contribution is 9.10. The maximum atomic E-state index is 13.4. The molecule has 0 aliphatic carbocycles. The fourth-order valence-corrected chi connectivity index (χ4v) is 6.17. The predicted octanol–water partition coefficient (Wildman–Crippen LogP) is 5.49. The van der Waals surface area contributed by atoms with Crippen LogP contribution in [0.5, 0.6) is 0 Å². The number of nitrogens with zero attached hydrogens (tertiary/aromatic N) is 2. The van der Waals surface area contributed by atoms with Crippen molar-refractivity contribution in [1.82, 2.24) is 14.7 Å². The Labute approximate surface area is 235 Å². The van der Waals surface area contributed by atoms with Gasteiger partial charge in [0.1, 0.15) is 6.04 Å². The number of carbonyl (C=O) groups is 1. The number of fused-ring (bicyclic) bond motifs is 1. The lowest BCUT2D eigenvalue weighted by molar-refractivity contribution is -0.384. The molecular formula is C26H20BrN5O5S2. The first kappa shape index (κ1) is 26.7. The quantitative estimate of drug-likeness (QED) is 0.146. The topological polar surface area (TPSA) is 147 Å². The summed E-state index contributed by atoms with van der Waals surface area (Å²) < 4.78 is 29.7. The molecule has 5 aromatic rings. The highest BCUT2D eigenvalue weighted by Gasteiger charge is 2.28. The lowest BCUT2D eigenvalue weighted by Crippen LogP contribution is -2.45. The van der Waals surface area contributed by atoms with Gasteiger partial charge in [-0.3, -0.25) is 14.9 Å². The molecule has 0 saturated heterocycles. The third-order valence-electron chi connectivity index (χ3n) is 5.94. The molecule has 10 nitrogen and oxygen atoms in total. The van der Waals surface area contributed by atoms with E-state index >= 15 is 0 Å². The lowest BCUT2D eigenvalue weighted by Gasteiger charge is -2.18. The molecular weight excluding hydrogens is 606 g/mol. The SMILES string of the molecule is O=C(Nc1nc(-c2ccc([N+](=O)[O-])cc2)cs1)C(Cc1c[nH]c2ccccc12)NS(=O)(=O)c1ccc(Br)cc1. The zero-order valence-electron chi connectivity index (χ0n) is 20.0. The number of non-ortho nitro benzene ring substituents is 1. The van der Waals surface area contributed by atoms with E-state index in [1.807, 2.05) is 24.3 Å². The van der Waals surface area contributed by atoms with Crippen LogP contribution in [0.1, 0.15) is 5.56 Å². The van der Waals surface area contributed by atoms with E-state index in [0.29, 0.717) is 11.3 Å². The van der Waals surface area contributed by atoms with E-state index in [0.717, 1.165) is 32.3 Å². The van der Waals surface area contributed by atoms with Crippen molar-refractivity contribution in [2.24, 2.45) is 0 Å². The van der Waals surface area contributed by atoms with Crippen LogP contribution in [-0.2, 0) is 21.2 Å². The van der Waals surface area contributed by atoms with E-state index in [-0.39, 0.29) is 22.1 Å². The Morgan fingerprint density at radius 3 is 2.51 bits per heavy atom. The Morgan fingerprint density at radius 1 is 1.08 bits per heavy atom. The summed E-state index contributed by atoms with van der Waals surface area (Å²) in [4.78, 5) is 31.5. The Bertz CT molecular complexity index is 1770. The number of halogens is 1. The van der Waals surface area contributed by atoms with Crippen molar-refractivity contribution in [1.29, 1.82) is 0 Å². The van der Waals surface area contributed by atoms with E-state index in [2.05, 4.69) is 35.9 Å². The van der Waals surface area contributed by atoms with Gasteiger partial charge >= 0.3 is 0 Å². The summed E-state index contributed by atoms with van der Waals surface area (Å²) in [6.45, 7) is 0. The van der Waals surface area contributed by atoms with Crippen LogP contribution in [0.15, 0.2) is 93.7 Å². The highest BCUT2D eigenvalue weighted by atomic mass is 79.9. The predicted molar refractivity (Wildman–Crippen MR) is 153 cm³/mol. The first-order valence-corrected chi connectivity index (χ1v) is 14.7. The van der Waals surface area contributed by atoms with Gasteiger partial charge in [0.05, 0.1) is 15.5 Å². The number of benzene rings is 3. The summed E-state index contributed by atoms with van der Waals surface area (Å²) in [5.74, 6) is -0.578. The average molecular weight is 627 g/mol. The second-order valence-corrected chi connectivity index (χ2v) is 12.0. The summed E-state index contributed by atoms with van der Waals surface area (Å²) >= 11 is 4.46. The van der Waals surface area contributed by atoms with Crippen molar-refractivity contribution in [2.45, 2.75) is 17.4 Å². The minimum absolute atomic E-state index is 0.0251. The van der Waals surface area contributed by atoms with Gasteiger partial charge in [-0.15, -0.1) is 11.3 Å². The first-order valence-electron chi connectivity index (χ1n) is 11.5. The summed E-state index contributed by atoms with van der Waals surface area (Å²) in [7, 11) is -4.03. The van der Waals surface area contributed by atoms with Gasteiger partial charge in [-0.1, -0.05) is 34.1 Å². The molecule has 3 aromatic carbocycles. The minimum atomic E-state index is -4.03. The van der Waals surface area contributed by atoms with E-state index in [1.165, 1.54) is 24.3 Å². The molecule has 0 spiro atoms. The van der Waals surface area contributed by atoms with Crippen molar-refractivity contribution >= 4 is 64.9 Å². The monoisotopic (exact) mass is 625 g/mol. The molecule has 0 bridgehead atoms. The zero-order valence-corrected chi connectivity index (χ0v) is 23.2. The number of nitrogens with one attached hydrogen (secondary N) is 3. The molecule has 0 fully saturated rings. The van der Waals surface area contributed by atoms with Gasteiger partial charge in [0, 0.05) is 44.6 Å². The number of amides is 1. The summed E-state index contributed by atoms with van der Waals surface area (Å²) in [6.07, 6.45) is 1.85. The van der Waals surface area contributed by atoms with Crippen molar-refractivity contribution < 1.29 is 18.1 Å². The Balaban J connectivity index is 1.40. The molecule has 198 valence electrons. The van der Waals surface area contributed by atoms with Crippen molar-refractivity contribution in [2.75, 3.05) is 5.32 Å². The van der Waals surface area contributed by atoms with Crippen molar-refractivity contribution in [3.8, 4) is 11.3 Å². The van der Waals surface area contributed by atoms with Crippen LogP contribution < -0.4 is 10.0 Å². The number of aromatic nitrogens is 2. The van der Waals surface area contributed by atoms with Gasteiger partial charge in [-0.05, 0) is 54.4 Å². The highest BCUT2D eigenvalue weighted by Crippen LogP contribution is 2.27. The molecule has 0 aliphatic rings. The average Bonchev–Trinajstić information content (AvgIpc) is 3.56. The Hall–Kier alpha value is -3.91. The third kappa shape index (κ3) is 6.06. The number of rotatable bonds is 9. The number of H-pyrrole nitrogens is 1. The van der Waals surface area contributed by atoms with Crippen LogP contribution in [-0.4, -0.2) is 35.3 Å². The number of hydrogen-bond donors (Lipinski definition) is 3. The van der Waals surface area contributed by atoms with E-state index in [1.54, 1.807) is 35.8 Å². The molecule has 2 aromatic heterocycles. The number of nitro groups is 1. The Kier molecular flexibility index (Phi) is 7.57. The summed E-state index contributed by atoms with van der Waals surface area (Å²) in [5, 5.41) is 16.5. The van der Waals surface area contributed by atoms with E-state index in [9.17, 15) is 23.3 Å². The minimum Gasteiger partial charge on any atom is -0.361 e. The maximum Gasteiger partial charge on any atom is 0.269 e. The van der Waals surface area contributed by atoms with E-state index < -0.39 is 26.9 Å². The van der Waals surface area contributed by atoms with Crippen LogP contribution in [0.4, 0.5) is 10.8 Å². The zero-order chi connectivity index (χ0) is 27.6. The van der Waals surface area contributed by atoms with Crippen LogP contribution in [0.25, 0.3) is 22.2 Å². The van der Waals surface area contributed by atoms with Crippen molar-refractivity contribution in [3.05, 3.63) is 105 Å².